The van der Waals surface area contributed by atoms with Gasteiger partial charge in [-0.1, -0.05) is 30.3 Å². The number of rotatable bonds is 2. The van der Waals surface area contributed by atoms with Gasteiger partial charge in [-0.15, -0.1) is 0 Å². The monoisotopic (exact) mass is 293 g/mol. The first-order valence-corrected chi connectivity index (χ1v) is 7.79. The van der Waals surface area contributed by atoms with Crippen LogP contribution in [0.4, 0.5) is 0 Å². The lowest BCUT2D eigenvalue weighted by Crippen LogP contribution is -2.29. The van der Waals surface area contributed by atoms with Crippen LogP contribution in [-0.4, -0.2) is 35.4 Å². The molecule has 1 saturated heterocycles. The molecule has 1 N–H and O–H groups in total. The molecule has 2 aromatic rings. The number of hydrogen-bond donors (Lipinski definition) is 1. The predicted molar refractivity (Wildman–Crippen MR) is 84.5 cm³/mol. The first-order chi connectivity index (χ1) is 10.8. The standard InChI is InChI=1S/C18H19N3O/c22-18-15-6-7-19-9-16(15)17-12-21(11-14(17)8-20-18)10-13-4-2-1-3-5-13/h1-7,9,14,17H,8,10-12H2,(H,20,22)/t14-,17-/m0/s1. The molecule has 0 radical (unpaired) electrons. The van der Waals surface area contributed by atoms with Crippen LogP contribution in [-0.2, 0) is 6.54 Å². The van der Waals surface area contributed by atoms with Gasteiger partial charge >= 0.3 is 0 Å². The maximum Gasteiger partial charge on any atom is 0.251 e. The minimum Gasteiger partial charge on any atom is -0.352 e. The van der Waals surface area contributed by atoms with Crippen LogP contribution in [0.15, 0.2) is 48.8 Å². The van der Waals surface area contributed by atoms with Gasteiger partial charge in [0.1, 0.15) is 0 Å². The molecule has 0 unspecified atom stereocenters. The fraction of sp³-hybridized carbons (Fsp3) is 0.333. The van der Waals surface area contributed by atoms with Gasteiger partial charge in [0.15, 0.2) is 0 Å². The fourth-order valence-electron chi connectivity index (χ4n) is 3.72. The Balaban J connectivity index is 1.58. The first-order valence-electron chi connectivity index (χ1n) is 7.79. The van der Waals surface area contributed by atoms with Crippen molar-refractivity contribution < 1.29 is 4.79 Å². The summed E-state index contributed by atoms with van der Waals surface area (Å²) in [4.78, 5) is 18.9. The average molecular weight is 293 g/mol. The van der Waals surface area contributed by atoms with Crippen LogP contribution in [0, 0.1) is 5.92 Å². The normalized spacial score (nSPS) is 24.3. The Morgan fingerprint density at radius 2 is 2.05 bits per heavy atom. The molecule has 0 aliphatic carbocycles. The van der Waals surface area contributed by atoms with Crippen molar-refractivity contribution in [1.82, 2.24) is 15.2 Å². The number of fused-ring (bicyclic) bond motifs is 3. The zero-order chi connectivity index (χ0) is 14.9. The third kappa shape index (κ3) is 2.40. The van der Waals surface area contributed by atoms with Crippen molar-refractivity contribution in [3.63, 3.8) is 0 Å². The second kappa shape index (κ2) is 5.54. The molecule has 2 aliphatic heterocycles. The van der Waals surface area contributed by atoms with E-state index < -0.39 is 0 Å². The second-order valence-electron chi connectivity index (χ2n) is 6.22. The van der Waals surface area contributed by atoms with E-state index in [1.165, 1.54) is 5.56 Å². The molecule has 0 spiro atoms. The van der Waals surface area contributed by atoms with E-state index in [-0.39, 0.29) is 5.91 Å². The minimum atomic E-state index is 0.0430. The topological polar surface area (TPSA) is 45.2 Å². The molecule has 4 heteroatoms. The Kier molecular flexibility index (Phi) is 3.39. The quantitative estimate of drug-likeness (QED) is 0.921. The van der Waals surface area contributed by atoms with Crippen LogP contribution in [0.2, 0.25) is 0 Å². The third-order valence-electron chi connectivity index (χ3n) is 4.79. The van der Waals surface area contributed by atoms with E-state index in [9.17, 15) is 4.79 Å². The molecule has 2 aliphatic rings. The molecule has 2 atom stereocenters. The molecular weight excluding hydrogens is 274 g/mol. The number of nitrogens with zero attached hydrogens (tertiary/aromatic N) is 2. The molecule has 4 rings (SSSR count). The number of nitrogens with one attached hydrogen (secondary N) is 1. The van der Waals surface area contributed by atoms with Crippen LogP contribution in [0.25, 0.3) is 0 Å². The summed E-state index contributed by atoms with van der Waals surface area (Å²) in [5.41, 5.74) is 3.25. The van der Waals surface area contributed by atoms with Crippen molar-refractivity contribution in [2.75, 3.05) is 19.6 Å². The van der Waals surface area contributed by atoms with Crippen molar-refractivity contribution in [2.45, 2.75) is 12.5 Å². The smallest absolute Gasteiger partial charge is 0.251 e. The Morgan fingerprint density at radius 1 is 1.18 bits per heavy atom. The predicted octanol–water partition coefficient (Wildman–Crippen LogP) is 2.04. The summed E-state index contributed by atoms with van der Waals surface area (Å²) in [5.74, 6) is 0.908. The highest BCUT2D eigenvalue weighted by Gasteiger charge is 2.38. The molecule has 3 heterocycles. The first kappa shape index (κ1) is 13.5. The molecule has 1 aromatic carbocycles. The lowest BCUT2D eigenvalue weighted by Gasteiger charge is -2.17. The van der Waals surface area contributed by atoms with Gasteiger partial charge in [0.25, 0.3) is 5.91 Å². The largest absolute Gasteiger partial charge is 0.352 e. The summed E-state index contributed by atoms with van der Waals surface area (Å²) >= 11 is 0. The fourth-order valence-corrected chi connectivity index (χ4v) is 3.72. The van der Waals surface area contributed by atoms with Crippen LogP contribution >= 0.6 is 0 Å². The van der Waals surface area contributed by atoms with Gasteiger partial charge in [0.2, 0.25) is 0 Å². The molecule has 0 bridgehead atoms. The number of aromatic nitrogens is 1. The molecular formula is C18H19N3O. The summed E-state index contributed by atoms with van der Waals surface area (Å²) < 4.78 is 0. The maximum absolute atomic E-state index is 12.2. The van der Waals surface area contributed by atoms with Crippen molar-refractivity contribution in [1.29, 1.82) is 0 Å². The highest BCUT2D eigenvalue weighted by atomic mass is 16.1. The van der Waals surface area contributed by atoms with Gasteiger partial charge in [-0.3, -0.25) is 14.7 Å². The molecule has 1 fully saturated rings. The summed E-state index contributed by atoms with van der Waals surface area (Å²) in [7, 11) is 0. The Morgan fingerprint density at radius 3 is 2.91 bits per heavy atom. The number of pyridine rings is 1. The van der Waals surface area contributed by atoms with Crippen LogP contribution in [0.3, 0.4) is 0 Å². The van der Waals surface area contributed by atoms with Gasteiger partial charge in [-0.05, 0) is 23.1 Å². The number of hydrogen-bond acceptors (Lipinski definition) is 3. The van der Waals surface area contributed by atoms with Crippen molar-refractivity contribution >= 4 is 5.91 Å². The highest BCUT2D eigenvalue weighted by molar-refractivity contribution is 5.96. The Hall–Kier alpha value is -2.20. The van der Waals surface area contributed by atoms with Gasteiger partial charge in [-0.25, -0.2) is 0 Å². The van der Waals surface area contributed by atoms with E-state index in [0.717, 1.165) is 37.3 Å². The summed E-state index contributed by atoms with van der Waals surface area (Å²) in [6, 6.07) is 12.4. The van der Waals surface area contributed by atoms with Gasteiger partial charge in [-0.2, -0.15) is 0 Å². The van der Waals surface area contributed by atoms with E-state index in [1.54, 1.807) is 6.20 Å². The van der Waals surface area contributed by atoms with Gasteiger partial charge in [0.05, 0.1) is 0 Å². The van der Waals surface area contributed by atoms with E-state index in [4.69, 9.17) is 0 Å². The zero-order valence-electron chi connectivity index (χ0n) is 12.4. The summed E-state index contributed by atoms with van der Waals surface area (Å²) in [6.07, 6.45) is 3.58. The Labute approximate surface area is 130 Å². The lowest BCUT2D eigenvalue weighted by molar-refractivity contribution is 0.0951. The maximum atomic E-state index is 12.2. The highest BCUT2D eigenvalue weighted by Crippen LogP contribution is 2.36. The summed E-state index contributed by atoms with van der Waals surface area (Å²) in [5, 5.41) is 3.06. The number of carbonyl (C=O) groups excluding carboxylic acids is 1. The zero-order valence-corrected chi connectivity index (χ0v) is 12.4. The number of likely N-dealkylation sites (tertiary alicyclic amines) is 1. The van der Waals surface area contributed by atoms with Crippen LogP contribution in [0.5, 0.6) is 0 Å². The molecule has 0 saturated carbocycles. The number of benzene rings is 1. The minimum absolute atomic E-state index is 0.0430. The molecule has 1 aromatic heterocycles. The van der Waals surface area contributed by atoms with Crippen molar-refractivity contribution in [2.24, 2.45) is 5.92 Å². The molecule has 22 heavy (non-hydrogen) atoms. The number of amides is 1. The van der Waals surface area contributed by atoms with Crippen molar-refractivity contribution in [3.8, 4) is 0 Å². The van der Waals surface area contributed by atoms with E-state index in [1.807, 2.05) is 12.3 Å². The third-order valence-corrected chi connectivity index (χ3v) is 4.79. The van der Waals surface area contributed by atoms with Crippen LogP contribution < -0.4 is 5.32 Å². The van der Waals surface area contributed by atoms with Gasteiger partial charge < -0.3 is 5.32 Å². The Bertz CT molecular complexity index is 686. The van der Waals surface area contributed by atoms with Crippen molar-refractivity contribution in [3.05, 3.63) is 65.5 Å². The van der Waals surface area contributed by atoms with E-state index in [2.05, 4.69) is 45.5 Å². The molecule has 1 amide bonds. The van der Waals surface area contributed by atoms with Gasteiger partial charge in [0, 0.05) is 50.1 Å². The number of carbonyl (C=O) groups is 1. The average Bonchev–Trinajstić information content (AvgIpc) is 2.91. The van der Waals surface area contributed by atoms with Crippen LogP contribution in [0.1, 0.15) is 27.4 Å². The summed E-state index contributed by atoms with van der Waals surface area (Å²) in [6.45, 7) is 3.74. The lowest BCUT2D eigenvalue weighted by atomic mass is 9.89. The van der Waals surface area contributed by atoms with E-state index >= 15 is 0 Å². The van der Waals surface area contributed by atoms with E-state index in [0.29, 0.717) is 11.8 Å². The molecule has 4 nitrogen and oxygen atoms in total. The molecule has 112 valence electrons. The SMILES string of the molecule is O=C1NC[C@H]2CN(Cc3ccccc3)C[C@@H]2c2cnccc21. The second-order valence-corrected chi connectivity index (χ2v) is 6.22.